The number of ether oxygens (including phenoxy) is 1. The molecule has 0 atom stereocenters. The zero-order valence-corrected chi connectivity index (χ0v) is 19.5. The van der Waals surface area contributed by atoms with E-state index in [2.05, 4.69) is 9.46 Å². The van der Waals surface area contributed by atoms with Crippen molar-refractivity contribution in [2.24, 2.45) is 0 Å². The van der Waals surface area contributed by atoms with Gasteiger partial charge in [-0.2, -0.15) is 0 Å². The van der Waals surface area contributed by atoms with Crippen LogP contribution in [0.4, 0.5) is 18.9 Å². The standard InChI is InChI=1S/C24H18F3NO5S2/c25-24(26,27)33-20-11-13-21(14-12-20)35(31,32)28-19-9-7-18(8-10-19)22(29)16-34-23(30)15-6-17-4-2-1-3-5-17/h1-15,28H,16H2/b15-6+. The van der Waals surface area contributed by atoms with Gasteiger partial charge in [0.1, 0.15) is 5.75 Å². The fraction of sp³-hybridized carbons (Fsp3) is 0.0833. The highest BCUT2D eigenvalue weighted by atomic mass is 32.2. The molecule has 3 aromatic carbocycles. The monoisotopic (exact) mass is 521 g/mol. The van der Waals surface area contributed by atoms with Gasteiger partial charge in [-0.05, 0) is 60.2 Å². The highest BCUT2D eigenvalue weighted by Gasteiger charge is 2.31. The molecule has 0 aliphatic carbocycles. The summed E-state index contributed by atoms with van der Waals surface area (Å²) in [5.41, 5.74) is 1.29. The number of carbonyl (C=O) groups excluding carboxylic acids is 2. The Balaban J connectivity index is 1.55. The van der Waals surface area contributed by atoms with Crippen molar-refractivity contribution >= 4 is 44.4 Å². The second kappa shape index (κ2) is 11.2. The molecule has 0 radical (unpaired) electrons. The lowest BCUT2D eigenvalue weighted by molar-refractivity contribution is -0.274. The maximum Gasteiger partial charge on any atom is 0.573 e. The Morgan fingerprint density at radius 3 is 2.14 bits per heavy atom. The van der Waals surface area contributed by atoms with E-state index >= 15 is 0 Å². The smallest absolute Gasteiger partial charge is 0.406 e. The number of benzene rings is 3. The fourth-order valence-electron chi connectivity index (χ4n) is 2.76. The molecule has 1 N–H and O–H groups in total. The first kappa shape index (κ1) is 26.0. The maximum absolute atomic E-state index is 12.5. The molecule has 6 nitrogen and oxygen atoms in total. The molecule has 0 aliphatic rings. The molecular formula is C24H18F3NO5S2. The van der Waals surface area contributed by atoms with Crippen molar-refractivity contribution in [3.8, 4) is 5.75 Å². The van der Waals surface area contributed by atoms with Crippen LogP contribution in [0.1, 0.15) is 15.9 Å². The molecular weight excluding hydrogens is 503 g/mol. The molecule has 0 heterocycles. The number of alkyl halides is 3. The Labute approximate surface area is 203 Å². The summed E-state index contributed by atoms with van der Waals surface area (Å²) in [6.45, 7) is 0. The molecule has 182 valence electrons. The van der Waals surface area contributed by atoms with Crippen molar-refractivity contribution in [1.82, 2.24) is 0 Å². The maximum atomic E-state index is 12.5. The molecule has 0 fully saturated rings. The Bertz CT molecular complexity index is 1310. The van der Waals surface area contributed by atoms with E-state index in [1.165, 1.54) is 30.3 Å². The van der Waals surface area contributed by atoms with Crippen LogP contribution in [0.15, 0.2) is 89.8 Å². The second-order valence-corrected chi connectivity index (χ2v) is 9.64. The molecule has 0 spiro atoms. The summed E-state index contributed by atoms with van der Waals surface area (Å²) >= 11 is 0.847. The van der Waals surface area contributed by atoms with Crippen molar-refractivity contribution in [3.63, 3.8) is 0 Å². The van der Waals surface area contributed by atoms with Crippen LogP contribution in [0.5, 0.6) is 5.75 Å². The quantitative estimate of drug-likeness (QED) is 0.294. The van der Waals surface area contributed by atoms with Crippen LogP contribution in [0, 0.1) is 0 Å². The molecule has 0 saturated carbocycles. The van der Waals surface area contributed by atoms with E-state index in [1.54, 1.807) is 6.08 Å². The third kappa shape index (κ3) is 8.30. The summed E-state index contributed by atoms with van der Waals surface area (Å²) in [5, 5.41) is -0.279. The minimum absolute atomic E-state index is 0.0879. The fourth-order valence-corrected chi connectivity index (χ4v) is 4.42. The van der Waals surface area contributed by atoms with Gasteiger partial charge >= 0.3 is 6.36 Å². The van der Waals surface area contributed by atoms with Gasteiger partial charge in [-0.25, -0.2) is 8.42 Å². The number of anilines is 1. The number of nitrogens with one attached hydrogen (secondary N) is 1. The first-order valence-electron chi connectivity index (χ1n) is 9.94. The van der Waals surface area contributed by atoms with E-state index in [4.69, 9.17) is 0 Å². The van der Waals surface area contributed by atoms with Crippen LogP contribution >= 0.6 is 11.8 Å². The number of carbonyl (C=O) groups is 2. The molecule has 3 aromatic rings. The average molecular weight is 522 g/mol. The highest BCUT2D eigenvalue weighted by molar-refractivity contribution is 8.14. The van der Waals surface area contributed by atoms with Crippen LogP contribution in [-0.2, 0) is 14.8 Å². The van der Waals surface area contributed by atoms with Crippen molar-refractivity contribution < 1.29 is 35.9 Å². The van der Waals surface area contributed by atoms with Gasteiger partial charge in [-0.1, -0.05) is 48.2 Å². The van der Waals surface area contributed by atoms with E-state index in [0.29, 0.717) is 0 Å². The van der Waals surface area contributed by atoms with Gasteiger partial charge in [0.2, 0.25) is 5.12 Å². The first-order valence-corrected chi connectivity index (χ1v) is 12.4. The predicted molar refractivity (Wildman–Crippen MR) is 128 cm³/mol. The summed E-state index contributed by atoms with van der Waals surface area (Å²) in [6, 6.07) is 18.5. The van der Waals surface area contributed by atoms with Gasteiger partial charge in [0.05, 0.1) is 10.6 Å². The molecule has 0 amide bonds. The topological polar surface area (TPSA) is 89.5 Å². The normalized spacial score (nSPS) is 11.9. The highest BCUT2D eigenvalue weighted by Crippen LogP contribution is 2.25. The van der Waals surface area contributed by atoms with Gasteiger partial charge in [0.25, 0.3) is 10.0 Å². The van der Waals surface area contributed by atoms with Crippen LogP contribution in [-0.4, -0.2) is 31.4 Å². The minimum atomic E-state index is -4.89. The predicted octanol–water partition coefficient (Wildman–Crippen LogP) is 5.54. The lowest BCUT2D eigenvalue weighted by atomic mass is 10.1. The van der Waals surface area contributed by atoms with E-state index in [9.17, 15) is 31.2 Å². The minimum Gasteiger partial charge on any atom is -0.406 e. The molecule has 0 bridgehead atoms. The van der Waals surface area contributed by atoms with Crippen LogP contribution in [0.2, 0.25) is 0 Å². The largest absolute Gasteiger partial charge is 0.573 e. The van der Waals surface area contributed by atoms with Crippen molar-refractivity contribution in [1.29, 1.82) is 0 Å². The summed E-state index contributed by atoms with van der Waals surface area (Å²) in [4.78, 5) is 24.0. The number of halogens is 3. The lowest BCUT2D eigenvalue weighted by Crippen LogP contribution is -2.17. The zero-order chi connectivity index (χ0) is 25.5. The van der Waals surface area contributed by atoms with Gasteiger partial charge in [0, 0.05) is 11.3 Å². The van der Waals surface area contributed by atoms with Gasteiger partial charge in [-0.15, -0.1) is 13.2 Å². The molecule has 35 heavy (non-hydrogen) atoms. The second-order valence-electron chi connectivity index (χ2n) is 6.98. The molecule has 0 aromatic heterocycles. The summed E-state index contributed by atoms with van der Waals surface area (Å²) in [7, 11) is -4.09. The summed E-state index contributed by atoms with van der Waals surface area (Å²) in [5.74, 6) is -0.951. The summed E-state index contributed by atoms with van der Waals surface area (Å²) < 4.78 is 67.7. The number of rotatable bonds is 9. The molecule has 0 aliphatic heterocycles. The third-order valence-electron chi connectivity index (χ3n) is 4.38. The van der Waals surface area contributed by atoms with Crippen LogP contribution < -0.4 is 9.46 Å². The van der Waals surface area contributed by atoms with Crippen molar-refractivity contribution in [3.05, 3.63) is 96.1 Å². The Morgan fingerprint density at radius 1 is 0.914 bits per heavy atom. The number of hydrogen-bond donors (Lipinski definition) is 1. The SMILES string of the molecule is O=C(/C=C/c1ccccc1)SCC(=O)c1ccc(NS(=O)(=O)c2ccc(OC(F)(F)F)cc2)cc1. The molecule has 11 heteroatoms. The van der Waals surface area contributed by atoms with Crippen molar-refractivity contribution in [2.75, 3.05) is 10.5 Å². The van der Waals surface area contributed by atoms with Gasteiger partial charge < -0.3 is 4.74 Å². The van der Waals surface area contributed by atoms with E-state index in [0.717, 1.165) is 41.6 Å². The lowest BCUT2D eigenvalue weighted by Gasteiger charge is -2.11. The van der Waals surface area contributed by atoms with Crippen LogP contribution in [0.25, 0.3) is 6.08 Å². The average Bonchev–Trinajstić information content (AvgIpc) is 2.81. The number of ketones is 1. The van der Waals surface area contributed by atoms with Crippen LogP contribution in [0.3, 0.4) is 0 Å². The molecule has 3 rings (SSSR count). The Hall–Kier alpha value is -3.57. The van der Waals surface area contributed by atoms with Gasteiger partial charge in [-0.3, -0.25) is 14.3 Å². The summed E-state index contributed by atoms with van der Waals surface area (Å²) in [6.07, 6.45) is -1.85. The number of hydrogen-bond acceptors (Lipinski definition) is 6. The van der Waals surface area contributed by atoms with Crippen molar-refractivity contribution in [2.45, 2.75) is 11.3 Å². The van der Waals surface area contributed by atoms with E-state index in [1.807, 2.05) is 30.3 Å². The van der Waals surface area contributed by atoms with E-state index in [-0.39, 0.29) is 32.8 Å². The number of Topliss-reactive ketones (excluding diaryl/α,β-unsaturated/α-hetero) is 1. The third-order valence-corrected chi connectivity index (χ3v) is 6.61. The number of thioether (sulfide) groups is 1. The number of sulfonamides is 1. The Kier molecular flexibility index (Phi) is 8.36. The first-order chi connectivity index (χ1) is 16.5. The van der Waals surface area contributed by atoms with E-state index < -0.39 is 22.1 Å². The van der Waals surface area contributed by atoms with Gasteiger partial charge in [0.15, 0.2) is 5.78 Å². The Morgan fingerprint density at radius 2 is 1.54 bits per heavy atom. The molecule has 0 saturated heterocycles. The molecule has 0 unspecified atom stereocenters. The zero-order valence-electron chi connectivity index (χ0n) is 17.9.